The maximum Gasteiger partial charge on any atom is 0.323 e. The molecule has 0 aliphatic heterocycles. The number of urea groups is 1. The second kappa shape index (κ2) is 15.7. The number of hydrogen-bond acceptors (Lipinski definition) is 7. The van der Waals surface area contributed by atoms with E-state index in [-0.39, 0.29) is 31.6 Å². The van der Waals surface area contributed by atoms with E-state index in [4.69, 9.17) is 14.6 Å². The van der Waals surface area contributed by atoms with E-state index in [9.17, 15) is 24.0 Å². The number of carboxylic acids is 1. The third kappa shape index (κ3) is 9.31. The van der Waals surface area contributed by atoms with Crippen molar-refractivity contribution < 1.29 is 38.6 Å². The van der Waals surface area contributed by atoms with Gasteiger partial charge in [-0.15, -0.1) is 0 Å². The molecule has 232 valence electrons. The van der Waals surface area contributed by atoms with Crippen LogP contribution < -0.4 is 25.6 Å². The van der Waals surface area contributed by atoms with Gasteiger partial charge in [0, 0.05) is 37.2 Å². The van der Waals surface area contributed by atoms with Crippen molar-refractivity contribution in [2.75, 3.05) is 29.8 Å². The monoisotopic (exact) mass is 604 g/mol. The first-order valence-corrected chi connectivity index (χ1v) is 13.8. The quantitative estimate of drug-likeness (QED) is 0.191. The topological polar surface area (TPSA) is 163 Å². The van der Waals surface area contributed by atoms with Crippen molar-refractivity contribution in [1.82, 2.24) is 5.32 Å². The SMILES string of the molecule is COC(=O)CC(NC(=O)CCCC(=O)O)c1ccc(N(C(C)=O)c2ccc(NC(=O)Nc3ccccc3C)c(OC)c2)cc1. The summed E-state index contributed by atoms with van der Waals surface area (Å²) in [5.74, 6) is -1.90. The van der Waals surface area contributed by atoms with Gasteiger partial charge >= 0.3 is 18.0 Å². The number of carbonyl (C=O) groups excluding carboxylic acids is 4. The van der Waals surface area contributed by atoms with E-state index in [1.807, 2.05) is 25.1 Å². The van der Waals surface area contributed by atoms with Gasteiger partial charge in [0.05, 0.1) is 38.1 Å². The number of nitrogens with one attached hydrogen (secondary N) is 3. The van der Waals surface area contributed by atoms with E-state index in [1.54, 1.807) is 48.5 Å². The van der Waals surface area contributed by atoms with Crippen molar-refractivity contribution in [2.24, 2.45) is 0 Å². The minimum Gasteiger partial charge on any atom is -0.494 e. The molecule has 44 heavy (non-hydrogen) atoms. The molecule has 1 atom stereocenters. The number of esters is 1. The molecule has 12 nitrogen and oxygen atoms in total. The van der Waals surface area contributed by atoms with Gasteiger partial charge in [-0.1, -0.05) is 30.3 Å². The molecule has 0 bridgehead atoms. The van der Waals surface area contributed by atoms with Gasteiger partial charge in [-0.25, -0.2) is 4.79 Å². The van der Waals surface area contributed by atoms with E-state index in [1.165, 1.54) is 26.0 Å². The third-order valence-corrected chi connectivity index (χ3v) is 6.68. The first-order valence-electron chi connectivity index (χ1n) is 13.8. The highest BCUT2D eigenvalue weighted by Gasteiger charge is 2.21. The number of aliphatic carboxylic acids is 1. The Morgan fingerprint density at radius 2 is 1.52 bits per heavy atom. The Kier molecular flexibility index (Phi) is 11.8. The summed E-state index contributed by atoms with van der Waals surface area (Å²) in [5.41, 5.74) is 3.54. The fourth-order valence-corrected chi connectivity index (χ4v) is 4.45. The van der Waals surface area contributed by atoms with Crippen molar-refractivity contribution in [2.45, 2.75) is 45.6 Å². The lowest BCUT2D eigenvalue weighted by atomic mass is 10.0. The number of nitrogens with zero attached hydrogens (tertiary/aromatic N) is 1. The molecular formula is C32H36N4O8. The second-order valence-electron chi connectivity index (χ2n) is 9.87. The molecule has 0 saturated carbocycles. The average molecular weight is 605 g/mol. The number of carboxylic acid groups (broad SMARTS) is 1. The number of para-hydroxylation sites is 1. The summed E-state index contributed by atoms with van der Waals surface area (Å²) in [7, 11) is 2.70. The minimum atomic E-state index is -0.998. The summed E-state index contributed by atoms with van der Waals surface area (Å²) >= 11 is 0. The predicted octanol–water partition coefficient (Wildman–Crippen LogP) is 5.31. The molecule has 4 amide bonds. The molecule has 3 rings (SSSR count). The Labute approximate surface area is 255 Å². The zero-order chi connectivity index (χ0) is 32.2. The largest absolute Gasteiger partial charge is 0.494 e. The third-order valence-electron chi connectivity index (χ3n) is 6.68. The number of carbonyl (C=O) groups is 5. The Balaban J connectivity index is 1.80. The van der Waals surface area contributed by atoms with Crippen molar-refractivity contribution >= 4 is 52.5 Å². The van der Waals surface area contributed by atoms with E-state index in [2.05, 4.69) is 16.0 Å². The van der Waals surface area contributed by atoms with E-state index in [0.717, 1.165) is 5.56 Å². The van der Waals surface area contributed by atoms with Gasteiger partial charge in [0.1, 0.15) is 5.75 Å². The van der Waals surface area contributed by atoms with Crippen LogP contribution in [0.5, 0.6) is 5.75 Å². The van der Waals surface area contributed by atoms with Gasteiger partial charge in [0.2, 0.25) is 11.8 Å². The van der Waals surface area contributed by atoms with Crippen LogP contribution in [0.1, 0.15) is 49.8 Å². The summed E-state index contributed by atoms with van der Waals surface area (Å²) < 4.78 is 10.3. The molecule has 1 unspecified atom stereocenters. The lowest BCUT2D eigenvalue weighted by molar-refractivity contribution is -0.141. The lowest BCUT2D eigenvalue weighted by Gasteiger charge is -2.24. The van der Waals surface area contributed by atoms with Crippen LogP contribution in [0.2, 0.25) is 0 Å². The summed E-state index contributed by atoms with van der Waals surface area (Å²) in [5, 5.41) is 17.1. The maximum absolute atomic E-state index is 12.8. The Morgan fingerprint density at radius 1 is 0.864 bits per heavy atom. The van der Waals surface area contributed by atoms with Gasteiger partial charge in [0.25, 0.3) is 0 Å². The number of benzene rings is 3. The van der Waals surface area contributed by atoms with Crippen molar-refractivity contribution in [3.63, 3.8) is 0 Å². The average Bonchev–Trinajstić information content (AvgIpc) is 2.98. The van der Waals surface area contributed by atoms with Crippen LogP contribution in [0.25, 0.3) is 0 Å². The molecule has 0 fully saturated rings. The van der Waals surface area contributed by atoms with Crippen LogP contribution in [0.4, 0.5) is 27.5 Å². The first kappa shape index (κ1) is 33.1. The summed E-state index contributed by atoms with van der Waals surface area (Å²) in [4.78, 5) is 62.1. The zero-order valence-corrected chi connectivity index (χ0v) is 25.0. The van der Waals surface area contributed by atoms with Crippen molar-refractivity contribution in [3.8, 4) is 5.75 Å². The number of anilines is 4. The first-order chi connectivity index (χ1) is 21.0. The smallest absolute Gasteiger partial charge is 0.323 e. The van der Waals surface area contributed by atoms with Crippen LogP contribution in [-0.4, -0.2) is 49.1 Å². The molecule has 0 aliphatic carbocycles. The Hall–Kier alpha value is -5.39. The van der Waals surface area contributed by atoms with Crippen molar-refractivity contribution in [3.05, 3.63) is 77.9 Å². The molecule has 0 saturated heterocycles. The molecule has 0 heterocycles. The molecule has 4 N–H and O–H groups in total. The molecule has 3 aromatic rings. The predicted molar refractivity (Wildman–Crippen MR) is 165 cm³/mol. The summed E-state index contributed by atoms with van der Waals surface area (Å²) in [6.07, 6.45) is -0.138. The number of rotatable bonds is 13. The molecule has 0 radical (unpaired) electrons. The molecule has 0 aliphatic rings. The highest BCUT2D eigenvalue weighted by molar-refractivity contribution is 6.03. The van der Waals surface area contributed by atoms with Gasteiger partial charge in [-0.05, 0) is 54.8 Å². The molecule has 0 spiro atoms. The summed E-state index contributed by atoms with van der Waals surface area (Å²) in [6, 6.07) is 17.8. The van der Waals surface area contributed by atoms with Crippen LogP contribution in [-0.2, 0) is 23.9 Å². The number of methoxy groups -OCH3 is 2. The van der Waals surface area contributed by atoms with Gasteiger partial charge in [0.15, 0.2) is 0 Å². The van der Waals surface area contributed by atoms with Gasteiger partial charge in [-0.2, -0.15) is 0 Å². The van der Waals surface area contributed by atoms with Crippen LogP contribution in [0, 0.1) is 6.92 Å². The standard InChI is InChI=1S/C32H36N4O8/c1-20-8-5-6-9-25(20)34-32(42)35-26-17-16-24(18-28(26)43-3)36(21(2)37)23-14-12-22(13-15-23)27(19-31(41)44-4)33-29(38)10-7-11-30(39)40/h5-6,8-9,12-18,27H,7,10-11,19H2,1-4H3,(H,33,38)(H,39,40)(H2,34,35,42). The van der Waals surface area contributed by atoms with Gasteiger partial charge < -0.3 is 30.5 Å². The highest BCUT2D eigenvalue weighted by Crippen LogP contribution is 2.34. The zero-order valence-electron chi connectivity index (χ0n) is 25.0. The fraction of sp³-hybridized carbons (Fsp3) is 0.281. The molecule has 12 heteroatoms. The number of ether oxygens (including phenoxy) is 2. The number of amides is 4. The van der Waals surface area contributed by atoms with Gasteiger partial charge in [-0.3, -0.25) is 24.1 Å². The van der Waals surface area contributed by atoms with Crippen LogP contribution in [0.15, 0.2) is 66.7 Å². The maximum atomic E-state index is 12.8. The minimum absolute atomic E-state index is 0.0135. The Morgan fingerprint density at radius 3 is 2.14 bits per heavy atom. The lowest BCUT2D eigenvalue weighted by Crippen LogP contribution is -2.30. The second-order valence-corrected chi connectivity index (χ2v) is 9.87. The molecular weight excluding hydrogens is 568 g/mol. The highest BCUT2D eigenvalue weighted by atomic mass is 16.5. The fourth-order valence-electron chi connectivity index (χ4n) is 4.45. The van der Waals surface area contributed by atoms with E-state index >= 15 is 0 Å². The Bertz CT molecular complexity index is 1510. The van der Waals surface area contributed by atoms with Crippen LogP contribution in [0.3, 0.4) is 0 Å². The van der Waals surface area contributed by atoms with E-state index in [0.29, 0.717) is 34.1 Å². The van der Waals surface area contributed by atoms with Crippen molar-refractivity contribution in [1.29, 1.82) is 0 Å². The summed E-state index contributed by atoms with van der Waals surface area (Å²) in [6.45, 7) is 3.29. The normalized spacial score (nSPS) is 11.1. The number of aryl methyl sites for hydroxylation is 1. The molecule has 3 aromatic carbocycles. The van der Waals surface area contributed by atoms with E-state index < -0.39 is 29.9 Å². The molecule has 0 aromatic heterocycles. The van der Waals surface area contributed by atoms with Crippen LogP contribution >= 0.6 is 0 Å². The number of hydrogen-bond donors (Lipinski definition) is 4.